The summed E-state index contributed by atoms with van der Waals surface area (Å²) in [5.41, 5.74) is 2.67. The van der Waals surface area contributed by atoms with E-state index in [0.29, 0.717) is 17.8 Å². The Morgan fingerprint density at radius 3 is 2.90 bits per heavy atom. The molecule has 1 aromatic carbocycles. The summed E-state index contributed by atoms with van der Waals surface area (Å²) >= 11 is 0. The molecule has 0 radical (unpaired) electrons. The van der Waals surface area contributed by atoms with Crippen molar-refractivity contribution in [3.05, 3.63) is 70.7 Å². The predicted octanol–water partition coefficient (Wildman–Crippen LogP) is 4.10. The van der Waals surface area contributed by atoms with Gasteiger partial charge in [-0.3, -0.25) is 4.79 Å². The van der Waals surface area contributed by atoms with Crippen LogP contribution in [0.2, 0.25) is 0 Å². The third kappa shape index (κ3) is 3.82. The Hall–Kier alpha value is -3.13. The lowest BCUT2D eigenvalue weighted by Gasteiger charge is -2.33. The van der Waals surface area contributed by atoms with Crippen LogP contribution in [0.15, 0.2) is 40.9 Å². The molecular formula is C22H21F2N3O3. The van der Waals surface area contributed by atoms with Crippen LogP contribution in [0, 0.1) is 18.6 Å². The first-order valence-corrected chi connectivity index (χ1v) is 9.76. The third-order valence-corrected chi connectivity index (χ3v) is 5.12. The highest BCUT2D eigenvalue weighted by atomic mass is 19.1. The first-order chi connectivity index (χ1) is 14.5. The van der Waals surface area contributed by atoms with Crippen molar-refractivity contribution in [2.24, 2.45) is 0 Å². The van der Waals surface area contributed by atoms with E-state index in [4.69, 9.17) is 14.2 Å². The van der Waals surface area contributed by atoms with Crippen molar-refractivity contribution < 1.29 is 22.8 Å². The largest absolute Gasteiger partial charge is 0.368 e. The number of morpholine rings is 1. The van der Waals surface area contributed by atoms with E-state index < -0.39 is 23.6 Å². The van der Waals surface area contributed by atoms with Crippen molar-refractivity contribution in [2.45, 2.75) is 26.4 Å². The lowest BCUT2D eigenvalue weighted by Crippen LogP contribution is -2.42. The summed E-state index contributed by atoms with van der Waals surface area (Å²) in [5, 5.41) is 4.02. The molecule has 3 aromatic rings. The van der Waals surface area contributed by atoms with E-state index in [1.54, 1.807) is 0 Å². The van der Waals surface area contributed by atoms with E-state index in [-0.39, 0.29) is 25.3 Å². The highest BCUT2D eigenvalue weighted by Gasteiger charge is 2.29. The van der Waals surface area contributed by atoms with Crippen LogP contribution in [-0.2, 0) is 11.2 Å². The van der Waals surface area contributed by atoms with E-state index >= 15 is 0 Å². The average molecular weight is 413 g/mol. The van der Waals surface area contributed by atoms with E-state index in [1.807, 2.05) is 32.0 Å². The number of halogens is 2. The molecule has 8 heteroatoms. The van der Waals surface area contributed by atoms with Crippen LogP contribution in [0.4, 0.5) is 8.78 Å². The number of ether oxygens (including phenoxy) is 1. The Morgan fingerprint density at radius 2 is 2.10 bits per heavy atom. The summed E-state index contributed by atoms with van der Waals surface area (Å²) in [4.78, 5) is 18.9. The van der Waals surface area contributed by atoms with Gasteiger partial charge in [0.05, 0.1) is 41.4 Å². The van der Waals surface area contributed by atoms with Gasteiger partial charge in [0.15, 0.2) is 0 Å². The summed E-state index contributed by atoms with van der Waals surface area (Å²) in [6.45, 7) is 4.58. The second kappa shape index (κ2) is 8.31. The Morgan fingerprint density at radius 1 is 1.27 bits per heavy atom. The van der Waals surface area contributed by atoms with Crippen molar-refractivity contribution in [2.75, 3.05) is 19.7 Å². The van der Waals surface area contributed by atoms with E-state index in [9.17, 15) is 13.6 Å². The number of nitrogens with zero attached hydrogens (tertiary/aromatic N) is 3. The van der Waals surface area contributed by atoms with E-state index in [0.717, 1.165) is 35.2 Å². The quantitative estimate of drug-likeness (QED) is 0.644. The molecule has 1 saturated heterocycles. The van der Waals surface area contributed by atoms with E-state index in [2.05, 4.69) is 5.16 Å². The lowest BCUT2D eigenvalue weighted by atomic mass is 10.1. The van der Waals surface area contributed by atoms with Crippen molar-refractivity contribution in [1.29, 1.82) is 0 Å². The number of hydrogen-bond acceptors (Lipinski definition) is 5. The fraction of sp³-hybridized carbons (Fsp3) is 0.318. The molecule has 30 heavy (non-hydrogen) atoms. The number of benzene rings is 1. The van der Waals surface area contributed by atoms with Crippen LogP contribution >= 0.6 is 0 Å². The maximum absolute atomic E-state index is 14.0. The van der Waals surface area contributed by atoms with Gasteiger partial charge in [-0.15, -0.1) is 0 Å². The van der Waals surface area contributed by atoms with Crippen molar-refractivity contribution in [3.8, 4) is 11.3 Å². The first-order valence-electron chi connectivity index (χ1n) is 9.76. The Balaban J connectivity index is 1.59. The predicted molar refractivity (Wildman–Crippen MR) is 105 cm³/mol. The summed E-state index contributed by atoms with van der Waals surface area (Å²) in [6, 6.07) is 8.41. The van der Waals surface area contributed by atoms with Gasteiger partial charge in [-0.2, -0.15) is 0 Å². The van der Waals surface area contributed by atoms with Gasteiger partial charge in [-0.1, -0.05) is 18.1 Å². The smallest absolute Gasteiger partial charge is 0.257 e. The summed E-state index contributed by atoms with van der Waals surface area (Å²) < 4.78 is 38.7. The molecule has 0 unspecified atom stereocenters. The molecule has 0 N–H and O–H groups in total. The fourth-order valence-electron chi connectivity index (χ4n) is 3.60. The van der Waals surface area contributed by atoms with Gasteiger partial charge >= 0.3 is 0 Å². The molecule has 0 aliphatic carbocycles. The zero-order valence-corrected chi connectivity index (χ0v) is 16.7. The zero-order chi connectivity index (χ0) is 21.3. The fourth-order valence-corrected chi connectivity index (χ4v) is 3.60. The summed E-state index contributed by atoms with van der Waals surface area (Å²) in [6.07, 6.45) is 0.202. The van der Waals surface area contributed by atoms with Gasteiger partial charge in [0, 0.05) is 13.0 Å². The lowest BCUT2D eigenvalue weighted by molar-refractivity contribution is -0.0248. The number of hydrogen-bond donors (Lipinski definition) is 0. The molecular weight excluding hydrogens is 392 g/mol. The monoisotopic (exact) mass is 413 g/mol. The van der Waals surface area contributed by atoms with Gasteiger partial charge in [0.1, 0.15) is 23.5 Å². The number of carbonyl (C=O) groups is 1. The molecule has 1 fully saturated rings. The molecule has 4 rings (SSSR count). The van der Waals surface area contributed by atoms with Gasteiger partial charge in [0.25, 0.3) is 5.91 Å². The molecule has 0 bridgehead atoms. The average Bonchev–Trinajstić information content (AvgIpc) is 3.15. The minimum absolute atomic E-state index is 0.189. The molecule has 156 valence electrons. The SMILES string of the molecule is CCc1onc(C)c1-c1cccc([C@H]2CN(C(=O)c3cc(F)ccc3F)CCO2)n1. The number of amides is 1. The molecule has 0 spiro atoms. The topological polar surface area (TPSA) is 68.5 Å². The van der Waals surface area contributed by atoms with Gasteiger partial charge in [0.2, 0.25) is 0 Å². The highest BCUT2D eigenvalue weighted by molar-refractivity contribution is 5.94. The van der Waals surface area contributed by atoms with Crippen LogP contribution < -0.4 is 0 Å². The summed E-state index contributed by atoms with van der Waals surface area (Å²) in [5.74, 6) is -1.23. The number of rotatable bonds is 4. The number of aryl methyl sites for hydroxylation is 2. The highest BCUT2D eigenvalue weighted by Crippen LogP contribution is 2.29. The first kappa shape index (κ1) is 20.2. The molecule has 6 nitrogen and oxygen atoms in total. The van der Waals surface area contributed by atoms with Crippen molar-refractivity contribution >= 4 is 5.91 Å². The number of pyridine rings is 1. The van der Waals surface area contributed by atoms with Crippen LogP contribution in [-0.4, -0.2) is 40.6 Å². The Bertz CT molecular complexity index is 1080. The minimum Gasteiger partial charge on any atom is -0.368 e. The number of carbonyl (C=O) groups excluding carboxylic acids is 1. The van der Waals surface area contributed by atoms with Crippen LogP contribution in [0.3, 0.4) is 0 Å². The van der Waals surface area contributed by atoms with Gasteiger partial charge < -0.3 is 14.2 Å². The van der Waals surface area contributed by atoms with Crippen LogP contribution in [0.1, 0.15) is 40.5 Å². The molecule has 1 atom stereocenters. The third-order valence-electron chi connectivity index (χ3n) is 5.12. The molecule has 0 saturated carbocycles. The molecule has 1 aliphatic rings. The van der Waals surface area contributed by atoms with Crippen molar-refractivity contribution in [3.63, 3.8) is 0 Å². The molecule has 3 heterocycles. The normalized spacial score (nSPS) is 16.7. The second-order valence-electron chi connectivity index (χ2n) is 7.10. The minimum atomic E-state index is -0.750. The maximum atomic E-state index is 14.0. The Kier molecular flexibility index (Phi) is 5.59. The van der Waals surface area contributed by atoms with Gasteiger partial charge in [-0.05, 0) is 37.3 Å². The van der Waals surface area contributed by atoms with Crippen LogP contribution in [0.5, 0.6) is 0 Å². The molecule has 1 amide bonds. The van der Waals surface area contributed by atoms with Crippen LogP contribution in [0.25, 0.3) is 11.3 Å². The maximum Gasteiger partial charge on any atom is 0.257 e. The zero-order valence-electron chi connectivity index (χ0n) is 16.7. The standard InChI is InChI=1S/C22H21F2N3O3/c1-3-19-21(13(2)26-30-19)18-6-4-5-17(25-18)20-12-27(9-10-29-20)22(28)15-11-14(23)7-8-16(15)24/h4-8,11,20H,3,9-10,12H2,1-2H3/t20-/m1/s1. The second-order valence-corrected chi connectivity index (χ2v) is 7.10. The van der Waals surface area contributed by atoms with E-state index in [1.165, 1.54) is 4.90 Å². The Labute approximate surface area is 172 Å². The number of aromatic nitrogens is 2. The molecule has 2 aromatic heterocycles. The van der Waals surface area contributed by atoms with Crippen molar-refractivity contribution in [1.82, 2.24) is 15.0 Å². The van der Waals surface area contributed by atoms with Gasteiger partial charge in [-0.25, -0.2) is 13.8 Å². The summed E-state index contributed by atoms with van der Waals surface area (Å²) in [7, 11) is 0. The molecule has 1 aliphatic heterocycles.